The molecule has 42 heavy (non-hydrogen) atoms. The summed E-state index contributed by atoms with van der Waals surface area (Å²) in [6.45, 7) is 7.72. The number of nitrogens with one attached hydrogen (secondary N) is 3. The first kappa shape index (κ1) is 31.1. The van der Waals surface area contributed by atoms with Crippen molar-refractivity contribution in [2.75, 3.05) is 18.1 Å². The third-order valence-electron chi connectivity index (χ3n) is 7.23. The smallest absolute Gasteiger partial charge is 0.251 e. The molecule has 220 valence electrons. The summed E-state index contributed by atoms with van der Waals surface area (Å²) in [6.07, 6.45) is -0.122. The molecule has 0 aliphatic carbocycles. The van der Waals surface area contributed by atoms with Crippen LogP contribution in [0.15, 0.2) is 89.8 Å². The number of aliphatic hydroxyl groups excluding tert-OH is 1. The molecule has 0 spiro atoms. The van der Waals surface area contributed by atoms with Crippen molar-refractivity contribution in [1.29, 1.82) is 0 Å². The van der Waals surface area contributed by atoms with E-state index in [4.69, 9.17) is 0 Å². The van der Waals surface area contributed by atoms with Gasteiger partial charge in [0.15, 0.2) is 0 Å². The molecule has 0 saturated heterocycles. The van der Waals surface area contributed by atoms with Gasteiger partial charge in [-0.15, -0.1) is 11.8 Å². The van der Waals surface area contributed by atoms with Crippen molar-refractivity contribution in [1.82, 2.24) is 10.6 Å². The molecule has 2 amide bonds. The molecule has 4 aromatic carbocycles. The van der Waals surface area contributed by atoms with E-state index in [9.17, 15) is 14.7 Å². The molecule has 2 atom stereocenters. The SMILES string of the molecule is CNc1cccc(C(=O)N[C@@H](CCSc2ccc3ccccc3c2)[C@H](O)Cc2ccccc2C(=O)NC(C)(C)C)c1C. The molecular weight excluding hydrogens is 542 g/mol. The molecule has 7 heteroatoms. The number of carbonyl (C=O) groups is 2. The van der Waals surface area contributed by atoms with Crippen LogP contribution in [0.1, 0.15) is 59.0 Å². The Labute approximate surface area is 253 Å². The lowest BCUT2D eigenvalue weighted by Crippen LogP contribution is -2.45. The topological polar surface area (TPSA) is 90.5 Å². The van der Waals surface area contributed by atoms with E-state index in [2.05, 4.69) is 46.3 Å². The van der Waals surface area contributed by atoms with Crippen LogP contribution in [0.4, 0.5) is 5.69 Å². The first-order valence-electron chi connectivity index (χ1n) is 14.3. The summed E-state index contributed by atoms with van der Waals surface area (Å²) in [5.74, 6) is 0.280. The second kappa shape index (κ2) is 13.9. The zero-order valence-electron chi connectivity index (χ0n) is 25.0. The molecule has 4 aromatic rings. The van der Waals surface area contributed by atoms with E-state index >= 15 is 0 Å². The Morgan fingerprint density at radius 1 is 0.857 bits per heavy atom. The molecule has 6 nitrogen and oxygen atoms in total. The van der Waals surface area contributed by atoms with Crippen LogP contribution in [-0.2, 0) is 6.42 Å². The fraction of sp³-hybridized carbons (Fsp3) is 0.314. The van der Waals surface area contributed by atoms with Crippen molar-refractivity contribution >= 4 is 40.0 Å². The summed E-state index contributed by atoms with van der Waals surface area (Å²) in [5, 5.41) is 23.2. The monoisotopic (exact) mass is 583 g/mol. The summed E-state index contributed by atoms with van der Waals surface area (Å²) in [6, 6.07) is 27.0. The van der Waals surface area contributed by atoms with Gasteiger partial charge in [0.25, 0.3) is 11.8 Å². The molecule has 0 radical (unpaired) electrons. The van der Waals surface area contributed by atoms with Gasteiger partial charge in [-0.1, -0.05) is 54.6 Å². The van der Waals surface area contributed by atoms with E-state index in [1.807, 2.05) is 77.2 Å². The Hall–Kier alpha value is -3.81. The molecular formula is C35H41N3O3S. The van der Waals surface area contributed by atoms with Crippen LogP contribution < -0.4 is 16.0 Å². The number of fused-ring (bicyclic) bond motifs is 1. The summed E-state index contributed by atoms with van der Waals surface area (Å²) >= 11 is 1.70. The number of amides is 2. The predicted molar refractivity (Wildman–Crippen MR) is 175 cm³/mol. The largest absolute Gasteiger partial charge is 0.391 e. The van der Waals surface area contributed by atoms with E-state index in [1.54, 1.807) is 23.9 Å². The Morgan fingerprint density at radius 2 is 1.55 bits per heavy atom. The van der Waals surface area contributed by atoms with Crippen LogP contribution in [0.2, 0.25) is 0 Å². The van der Waals surface area contributed by atoms with Gasteiger partial charge in [0.1, 0.15) is 0 Å². The molecule has 0 unspecified atom stereocenters. The molecule has 0 fully saturated rings. The predicted octanol–water partition coefficient (Wildman–Crippen LogP) is 6.60. The highest BCUT2D eigenvalue weighted by Gasteiger charge is 2.26. The zero-order chi connectivity index (χ0) is 30.3. The van der Waals surface area contributed by atoms with Crippen molar-refractivity contribution in [3.8, 4) is 0 Å². The van der Waals surface area contributed by atoms with Gasteiger partial charge in [-0.2, -0.15) is 0 Å². The van der Waals surface area contributed by atoms with Crippen LogP contribution in [0.5, 0.6) is 0 Å². The van der Waals surface area contributed by atoms with Crippen LogP contribution in [-0.4, -0.2) is 47.4 Å². The van der Waals surface area contributed by atoms with Gasteiger partial charge in [-0.3, -0.25) is 9.59 Å². The van der Waals surface area contributed by atoms with E-state index in [1.165, 1.54) is 10.8 Å². The Balaban J connectivity index is 1.54. The maximum Gasteiger partial charge on any atom is 0.251 e. The lowest BCUT2D eigenvalue weighted by molar-refractivity contribution is 0.0823. The van der Waals surface area contributed by atoms with Crippen LogP contribution >= 0.6 is 11.8 Å². The summed E-state index contributed by atoms with van der Waals surface area (Å²) < 4.78 is 0. The normalized spacial score (nSPS) is 12.9. The second-order valence-corrected chi connectivity index (χ2v) is 12.8. The Bertz CT molecular complexity index is 1550. The van der Waals surface area contributed by atoms with Crippen LogP contribution in [0.3, 0.4) is 0 Å². The fourth-order valence-corrected chi connectivity index (χ4v) is 6.00. The van der Waals surface area contributed by atoms with Crippen molar-refractivity contribution in [2.45, 2.75) is 63.1 Å². The lowest BCUT2D eigenvalue weighted by Gasteiger charge is -2.26. The molecule has 4 rings (SSSR count). The number of anilines is 1. The average molecular weight is 584 g/mol. The van der Waals surface area contributed by atoms with Crippen LogP contribution in [0, 0.1) is 6.92 Å². The molecule has 4 N–H and O–H groups in total. The Kier molecular flexibility index (Phi) is 10.3. The highest BCUT2D eigenvalue weighted by atomic mass is 32.2. The molecule has 0 aliphatic heterocycles. The maximum absolute atomic E-state index is 13.5. The van der Waals surface area contributed by atoms with Crippen molar-refractivity contribution in [3.05, 3.63) is 107 Å². The van der Waals surface area contributed by atoms with Gasteiger partial charge >= 0.3 is 0 Å². The standard InChI is InChI=1S/C35H41N3O3S/c1-23-28(15-10-16-30(23)36-5)33(40)37-31(19-20-42-27-18-17-24-11-6-7-12-25(24)21-27)32(39)22-26-13-8-9-14-29(26)34(41)38-35(2,3)4/h6-18,21,31-32,36,39H,19-20,22H2,1-5H3,(H,37,40)(H,38,41)/t31-,32+/m0/s1. The summed E-state index contributed by atoms with van der Waals surface area (Å²) in [5.41, 5.74) is 3.16. The van der Waals surface area contributed by atoms with Crippen molar-refractivity contribution in [2.24, 2.45) is 0 Å². The number of carbonyl (C=O) groups excluding carboxylic acids is 2. The maximum atomic E-state index is 13.5. The van der Waals surface area contributed by atoms with Gasteiger partial charge in [0, 0.05) is 46.5 Å². The number of hydrogen-bond acceptors (Lipinski definition) is 5. The highest BCUT2D eigenvalue weighted by Crippen LogP contribution is 2.26. The van der Waals surface area contributed by atoms with Gasteiger partial charge in [0.05, 0.1) is 12.1 Å². The van der Waals surface area contributed by atoms with Crippen molar-refractivity contribution < 1.29 is 14.7 Å². The Morgan fingerprint density at radius 3 is 2.29 bits per heavy atom. The minimum absolute atomic E-state index is 0.183. The summed E-state index contributed by atoms with van der Waals surface area (Å²) in [4.78, 5) is 27.7. The minimum atomic E-state index is -0.900. The number of rotatable bonds is 11. The van der Waals surface area contributed by atoms with E-state index in [0.29, 0.717) is 23.3 Å². The van der Waals surface area contributed by atoms with E-state index in [-0.39, 0.29) is 23.8 Å². The third kappa shape index (κ3) is 8.14. The number of hydrogen-bond donors (Lipinski definition) is 4. The molecule has 0 heterocycles. The van der Waals surface area contributed by atoms with E-state index < -0.39 is 12.1 Å². The van der Waals surface area contributed by atoms with Gasteiger partial charge in [-0.05, 0) is 86.3 Å². The second-order valence-electron chi connectivity index (χ2n) is 11.6. The number of aliphatic hydroxyl groups is 1. The quantitative estimate of drug-likeness (QED) is 0.149. The highest BCUT2D eigenvalue weighted by molar-refractivity contribution is 7.99. The van der Waals surface area contributed by atoms with Gasteiger partial charge < -0.3 is 21.1 Å². The lowest BCUT2D eigenvalue weighted by atomic mass is 9.95. The minimum Gasteiger partial charge on any atom is -0.391 e. The zero-order valence-corrected chi connectivity index (χ0v) is 25.8. The molecule has 0 saturated carbocycles. The molecule has 0 aromatic heterocycles. The number of benzene rings is 4. The molecule has 0 bridgehead atoms. The van der Waals surface area contributed by atoms with Gasteiger partial charge in [-0.25, -0.2) is 0 Å². The molecule has 0 aliphatic rings. The first-order chi connectivity index (χ1) is 20.1. The third-order valence-corrected chi connectivity index (χ3v) is 8.25. The van der Waals surface area contributed by atoms with Gasteiger partial charge in [0.2, 0.25) is 0 Å². The fourth-order valence-electron chi connectivity index (χ4n) is 5.02. The average Bonchev–Trinajstić information content (AvgIpc) is 2.96. The van der Waals surface area contributed by atoms with Crippen LogP contribution in [0.25, 0.3) is 10.8 Å². The number of thioether (sulfide) groups is 1. The van der Waals surface area contributed by atoms with E-state index in [0.717, 1.165) is 21.7 Å². The first-order valence-corrected chi connectivity index (χ1v) is 15.3. The summed E-state index contributed by atoms with van der Waals surface area (Å²) in [7, 11) is 1.83. The van der Waals surface area contributed by atoms with Crippen molar-refractivity contribution in [3.63, 3.8) is 0 Å².